The normalized spacial score (nSPS) is 23.0. The largest absolute Gasteiger partial charge is 0.462 e. The van der Waals surface area contributed by atoms with Crippen LogP contribution in [0, 0.1) is 30.1 Å². The van der Waals surface area contributed by atoms with Crippen LogP contribution in [-0.4, -0.2) is 52.5 Å². The third-order valence-corrected chi connectivity index (χ3v) is 5.68. The van der Waals surface area contributed by atoms with Crippen molar-refractivity contribution in [2.24, 2.45) is 5.41 Å². The molecule has 4 atom stereocenters. The summed E-state index contributed by atoms with van der Waals surface area (Å²) in [5, 5.41) is 0. The van der Waals surface area contributed by atoms with Gasteiger partial charge in [0, 0.05) is 13.1 Å². The summed E-state index contributed by atoms with van der Waals surface area (Å²) in [6, 6.07) is 8.62. The number of terminal acetylenes is 2. The first-order valence-corrected chi connectivity index (χ1v) is 11.4. The monoisotopic (exact) mass is 508 g/mol. The van der Waals surface area contributed by atoms with Gasteiger partial charge in [-0.25, -0.2) is 4.79 Å². The van der Waals surface area contributed by atoms with E-state index in [9.17, 15) is 19.2 Å². The first kappa shape index (κ1) is 27.5. The van der Waals surface area contributed by atoms with Gasteiger partial charge in [0.2, 0.25) is 0 Å². The summed E-state index contributed by atoms with van der Waals surface area (Å²) in [5.41, 5.74) is -3.44. The predicted molar refractivity (Wildman–Crippen MR) is 133 cm³/mol. The molecule has 0 aliphatic carbocycles. The predicted octanol–water partition coefficient (Wildman–Crippen LogP) is 1.64. The molecule has 10 heteroatoms. The Morgan fingerprint density at radius 2 is 1.86 bits per heavy atom. The van der Waals surface area contributed by atoms with Crippen LogP contribution < -0.4 is 11.2 Å². The van der Waals surface area contributed by atoms with Crippen LogP contribution >= 0.6 is 0 Å². The lowest BCUT2D eigenvalue weighted by Crippen LogP contribution is -2.53. The first-order chi connectivity index (χ1) is 17.4. The molecule has 1 saturated heterocycles. The molecule has 1 aromatic heterocycles. The Kier molecular flexibility index (Phi) is 8.07. The van der Waals surface area contributed by atoms with E-state index in [1.165, 1.54) is 6.20 Å². The first-order valence-electron chi connectivity index (χ1n) is 11.4. The lowest BCUT2D eigenvalue weighted by atomic mass is 9.92. The summed E-state index contributed by atoms with van der Waals surface area (Å²) in [6.45, 7) is 5.48. The van der Waals surface area contributed by atoms with Gasteiger partial charge < -0.3 is 18.9 Å². The zero-order valence-corrected chi connectivity index (χ0v) is 21.0. The number of rotatable bonds is 7. The van der Waals surface area contributed by atoms with Crippen LogP contribution in [0.25, 0.3) is 11.1 Å². The van der Waals surface area contributed by atoms with Crippen LogP contribution in [0.1, 0.15) is 33.9 Å². The van der Waals surface area contributed by atoms with Crippen molar-refractivity contribution in [1.82, 2.24) is 9.55 Å². The molecule has 2 aromatic rings. The van der Waals surface area contributed by atoms with Crippen LogP contribution in [0.3, 0.4) is 0 Å². The van der Waals surface area contributed by atoms with E-state index >= 15 is 0 Å². The minimum atomic E-state index is -1.83. The number of esters is 2. The molecule has 0 saturated carbocycles. The third kappa shape index (κ3) is 5.67. The van der Waals surface area contributed by atoms with Crippen LogP contribution in [0.4, 0.5) is 0 Å². The van der Waals surface area contributed by atoms with Crippen molar-refractivity contribution in [3.8, 4) is 35.8 Å². The maximum absolute atomic E-state index is 12.9. The molecule has 0 radical (unpaired) electrons. The number of nitrogens with one attached hydrogen (secondary N) is 1. The maximum Gasteiger partial charge on any atom is 0.330 e. The van der Waals surface area contributed by atoms with Crippen molar-refractivity contribution in [1.29, 1.82) is 0 Å². The number of ether oxygens (including phenoxy) is 4. The molecule has 1 aliphatic heterocycles. The fraction of sp³-hybridized carbons (Fsp3) is 0.407. The van der Waals surface area contributed by atoms with E-state index in [-0.39, 0.29) is 18.8 Å². The van der Waals surface area contributed by atoms with E-state index < -0.39 is 52.6 Å². The van der Waals surface area contributed by atoms with Gasteiger partial charge in [-0.2, -0.15) is 0 Å². The molecule has 0 bridgehead atoms. The van der Waals surface area contributed by atoms with Crippen molar-refractivity contribution in [2.45, 2.75) is 51.7 Å². The molecule has 1 aromatic carbocycles. The summed E-state index contributed by atoms with van der Waals surface area (Å²) in [6.07, 6.45) is 8.61. The average Bonchev–Trinajstić information content (AvgIpc) is 3.13. The van der Waals surface area contributed by atoms with Gasteiger partial charge in [-0.1, -0.05) is 42.2 Å². The number of hydrogen-bond donors (Lipinski definition) is 1. The van der Waals surface area contributed by atoms with Gasteiger partial charge >= 0.3 is 17.6 Å². The van der Waals surface area contributed by atoms with Crippen molar-refractivity contribution in [2.75, 3.05) is 13.2 Å². The average molecular weight is 509 g/mol. The Hall–Kier alpha value is -4.12. The number of carbonyl (C=O) groups excluding carboxylic acids is 2. The van der Waals surface area contributed by atoms with Gasteiger partial charge in [-0.05, 0) is 26.3 Å². The lowest BCUT2D eigenvalue weighted by Gasteiger charge is -2.33. The van der Waals surface area contributed by atoms with Gasteiger partial charge in [0.1, 0.15) is 19.3 Å². The highest BCUT2D eigenvalue weighted by molar-refractivity contribution is 5.75. The molecule has 1 unspecified atom stereocenters. The van der Waals surface area contributed by atoms with Crippen molar-refractivity contribution >= 4 is 11.9 Å². The summed E-state index contributed by atoms with van der Waals surface area (Å²) < 4.78 is 23.9. The molecule has 3 rings (SSSR count). The zero-order valence-electron chi connectivity index (χ0n) is 21.0. The fourth-order valence-electron chi connectivity index (χ4n) is 3.85. The lowest BCUT2D eigenvalue weighted by molar-refractivity contribution is -0.166. The van der Waals surface area contributed by atoms with E-state index in [4.69, 9.17) is 31.8 Å². The van der Waals surface area contributed by atoms with E-state index in [0.29, 0.717) is 5.56 Å². The number of H-pyrrole nitrogens is 1. The highest BCUT2D eigenvalue weighted by Gasteiger charge is 2.61. The van der Waals surface area contributed by atoms with Crippen molar-refractivity contribution in [3.63, 3.8) is 0 Å². The second-order valence-electron chi connectivity index (χ2n) is 9.40. The smallest absolute Gasteiger partial charge is 0.330 e. The Morgan fingerprint density at radius 3 is 2.43 bits per heavy atom. The standard InChI is InChI=1S/C27H28N2O8/c1-7-14-35-27(8-2)20(16-34-24(32)26(4,5)6)37-23(21(27)36-17(3)30)29-15-19(22(31)28-25(29)33)18-12-10-9-11-13-18/h1-2,9-13,15,20-21,23H,14,16H2,3-6H3,(H,28,31,33)/t20-,21+,23?,27-/m1/s1. The summed E-state index contributed by atoms with van der Waals surface area (Å²) in [5.74, 6) is 3.48. The van der Waals surface area contributed by atoms with Crippen LogP contribution in [-0.2, 0) is 28.5 Å². The summed E-state index contributed by atoms with van der Waals surface area (Å²) in [7, 11) is 0. The van der Waals surface area contributed by atoms with Gasteiger partial charge in [0.15, 0.2) is 17.9 Å². The fourth-order valence-corrected chi connectivity index (χ4v) is 3.85. The minimum absolute atomic E-state index is 0.156. The van der Waals surface area contributed by atoms with Gasteiger partial charge in [0.05, 0.1) is 11.0 Å². The van der Waals surface area contributed by atoms with Crippen molar-refractivity contribution in [3.05, 3.63) is 57.4 Å². The zero-order chi connectivity index (χ0) is 27.4. The molecule has 2 heterocycles. The molecule has 0 spiro atoms. The number of benzene rings is 1. The van der Waals surface area contributed by atoms with Crippen LogP contribution in [0.2, 0.25) is 0 Å². The maximum atomic E-state index is 12.9. The van der Waals surface area contributed by atoms with Crippen molar-refractivity contribution < 1.29 is 28.5 Å². The number of aromatic nitrogens is 2. The summed E-state index contributed by atoms with van der Waals surface area (Å²) in [4.78, 5) is 52.4. The molecular weight excluding hydrogens is 480 g/mol. The van der Waals surface area contributed by atoms with Crippen LogP contribution in [0.15, 0.2) is 46.1 Å². The van der Waals surface area contributed by atoms with E-state index in [1.54, 1.807) is 51.1 Å². The van der Waals surface area contributed by atoms with Crippen LogP contribution in [0.5, 0.6) is 0 Å². The topological polar surface area (TPSA) is 126 Å². The Bertz CT molecular complexity index is 1360. The van der Waals surface area contributed by atoms with E-state index in [2.05, 4.69) is 16.8 Å². The van der Waals surface area contributed by atoms with Gasteiger partial charge in [0.25, 0.3) is 5.56 Å². The Balaban J connectivity index is 2.15. The quantitative estimate of drug-likeness (QED) is 0.442. The molecule has 1 aliphatic rings. The van der Waals surface area contributed by atoms with E-state index in [1.807, 2.05) is 0 Å². The molecule has 0 amide bonds. The number of carbonyl (C=O) groups is 2. The van der Waals surface area contributed by atoms with E-state index in [0.717, 1.165) is 11.5 Å². The molecule has 194 valence electrons. The number of nitrogens with zero attached hydrogens (tertiary/aromatic N) is 1. The van der Waals surface area contributed by atoms with Gasteiger partial charge in [-0.3, -0.25) is 23.9 Å². The number of aromatic amines is 1. The highest BCUT2D eigenvalue weighted by Crippen LogP contribution is 2.42. The molecule has 1 N–H and O–H groups in total. The molecule has 1 fully saturated rings. The third-order valence-electron chi connectivity index (χ3n) is 5.68. The Labute approximate surface area is 213 Å². The molecule has 37 heavy (non-hydrogen) atoms. The highest BCUT2D eigenvalue weighted by atomic mass is 16.7. The molecule has 10 nitrogen and oxygen atoms in total. The second-order valence-corrected chi connectivity index (χ2v) is 9.40. The number of hydrogen-bond acceptors (Lipinski definition) is 8. The SMILES string of the molecule is C#CCO[C@]1(C#C)[C@@H](COC(=O)C(C)(C)C)OC(n2cc(-c3ccccc3)c(=O)[nH]c2=O)[C@@H]1OC(C)=O. The second kappa shape index (κ2) is 10.9. The Morgan fingerprint density at radius 1 is 1.19 bits per heavy atom. The molecular formula is C27H28N2O8. The van der Waals surface area contributed by atoms with Gasteiger partial charge in [-0.15, -0.1) is 12.8 Å². The summed E-state index contributed by atoms with van der Waals surface area (Å²) >= 11 is 0. The minimum Gasteiger partial charge on any atom is -0.462 e.